The third-order valence-electron chi connectivity index (χ3n) is 7.55. The molecule has 0 aromatic heterocycles. The second kappa shape index (κ2) is 9.18. The lowest BCUT2D eigenvalue weighted by Crippen LogP contribution is -2.61. The van der Waals surface area contributed by atoms with Crippen LogP contribution in [0.1, 0.15) is 86.5 Å². The molecule has 5 heteroatoms. The van der Waals surface area contributed by atoms with Crippen LogP contribution in [0.2, 0.25) is 0 Å². The Kier molecular flexibility index (Phi) is 7.21. The number of nitrogens with zero attached hydrogens (tertiary/aromatic N) is 1. The van der Waals surface area contributed by atoms with Crippen LogP contribution < -0.4 is 5.32 Å². The molecule has 5 unspecified atom stereocenters. The highest BCUT2D eigenvalue weighted by Gasteiger charge is 2.40. The Morgan fingerprint density at radius 3 is 2.53 bits per heavy atom. The van der Waals surface area contributed by atoms with Gasteiger partial charge in [0.25, 0.3) is 0 Å². The van der Waals surface area contributed by atoms with Crippen LogP contribution in [0.3, 0.4) is 0 Å². The van der Waals surface area contributed by atoms with E-state index in [0.717, 1.165) is 32.2 Å². The van der Waals surface area contributed by atoms with Crippen molar-refractivity contribution < 1.29 is 14.3 Å². The van der Waals surface area contributed by atoms with Gasteiger partial charge in [-0.2, -0.15) is 0 Å². The van der Waals surface area contributed by atoms with Gasteiger partial charge in [-0.15, -0.1) is 0 Å². The normalized spacial score (nSPS) is 37.5. The number of hydrogen-bond acceptors (Lipinski definition) is 3. The molecule has 2 heterocycles. The molecule has 1 saturated carbocycles. The van der Waals surface area contributed by atoms with Gasteiger partial charge in [-0.3, -0.25) is 9.59 Å². The number of nitrogens with one attached hydrogen (secondary N) is 1. The van der Waals surface area contributed by atoms with Gasteiger partial charge in [-0.25, -0.2) is 0 Å². The van der Waals surface area contributed by atoms with E-state index in [1.54, 1.807) is 0 Å². The molecule has 0 radical (unpaired) electrons. The first-order chi connectivity index (χ1) is 13.9. The van der Waals surface area contributed by atoms with Crippen molar-refractivity contribution >= 4 is 11.8 Å². The largest absolute Gasteiger partial charge is 0.366 e. The number of rotatable bonds is 1. The van der Waals surface area contributed by atoms with Gasteiger partial charge in [0.2, 0.25) is 11.8 Å². The van der Waals surface area contributed by atoms with Gasteiger partial charge in [-0.1, -0.05) is 48.0 Å². The molecular formula is C25H44N2O3. The minimum absolute atomic E-state index is 0.0521. The zero-order chi connectivity index (χ0) is 22.1. The lowest BCUT2D eigenvalue weighted by molar-refractivity contribution is -0.149. The maximum atomic E-state index is 13.7. The van der Waals surface area contributed by atoms with Crippen LogP contribution >= 0.6 is 0 Å². The molecule has 0 bridgehead atoms. The van der Waals surface area contributed by atoms with Crippen molar-refractivity contribution in [2.24, 2.45) is 28.6 Å². The summed E-state index contributed by atoms with van der Waals surface area (Å²) in [5.41, 5.74) is 0.443. The van der Waals surface area contributed by atoms with E-state index in [1.807, 2.05) is 4.90 Å². The number of fused-ring (bicyclic) bond motifs is 1. The number of morpholine rings is 1. The van der Waals surface area contributed by atoms with Crippen LogP contribution in [-0.4, -0.2) is 48.6 Å². The summed E-state index contributed by atoms with van der Waals surface area (Å²) in [6.07, 6.45) is 7.68. The summed E-state index contributed by atoms with van der Waals surface area (Å²) < 4.78 is 5.68. The first kappa shape index (κ1) is 23.6. The van der Waals surface area contributed by atoms with E-state index in [9.17, 15) is 9.59 Å². The van der Waals surface area contributed by atoms with Crippen molar-refractivity contribution in [2.75, 3.05) is 19.7 Å². The smallest absolute Gasteiger partial charge is 0.246 e. The van der Waals surface area contributed by atoms with E-state index in [2.05, 4.69) is 46.9 Å². The Bertz CT molecular complexity index is 630. The third-order valence-corrected chi connectivity index (χ3v) is 7.55. The molecule has 0 aromatic carbocycles. The topological polar surface area (TPSA) is 58.6 Å². The quantitative estimate of drug-likeness (QED) is 0.684. The third kappa shape index (κ3) is 6.21. The minimum atomic E-state index is -0.0635. The average molecular weight is 421 g/mol. The lowest BCUT2D eigenvalue weighted by Gasteiger charge is -2.43. The van der Waals surface area contributed by atoms with Crippen molar-refractivity contribution in [2.45, 2.75) is 98.6 Å². The second-order valence-corrected chi connectivity index (χ2v) is 12.2. The Labute approximate surface area is 183 Å². The summed E-state index contributed by atoms with van der Waals surface area (Å²) in [5, 5.41) is 3.04. The highest BCUT2D eigenvalue weighted by Crippen LogP contribution is 2.44. The second-order valence-electron chi connectivity index (χ2n) is 12.2. The summed E-state index contributed by atoms with van der Waals surface area (Å²) in [6.45, 7) is 15.7. The minimum Gasteiger partial charge on any atom is -0.366 e. The number of piperidine rings is 1. The zero-order valence-corrected chi connectivity index (χ0v) is 20.1. The predicted octanol–water partition coefficient (Wildman–Crippen LogP) is 4.40. The number of carbonyl (C=O) groups excluding carboxylic acids is 2. The first-order valence-electron chi connectivity index (χ1n) is 12.1. The Morgan fingerprint density at radius 1 is 1.07 bits per heavy atom. The maximum absolute atomic E-state index is 13.7. The van der Waals surface area contributed by atoms with Crippen LogP contribution in [0.4, 0.5) is 0 Å². The van der Waals surface area contributed by atoms with E-state index in [1.165, 1.54) is 19.3 Å². The molecule has 2 aliphatic heterocycles. The molecule has 30 heavy (non-hydrogen) atoms. The lowest BCUT2D eigenvalue weighted by atomic mass is 9.68. The highest BCUT2D eigenvalue weighted by molar-refractivity contribution is 5.80. The van der Waals surface area contributed by atoms with E-state index < -0.39 is 0 Å². The molecule has 2 amide bonds. The number of likely N-dealkylation sites (tertiary alicyclic amines) is 1. The molecule has 3 aliphatic rings. The van der Waals surface area contributed by atoms with Gasteiger partial charge >= 0.3 is 0 Å². The molecule has 0 spiro atoms. The zero-order valence-electron chi connectivity index (χ0n) is 20.1. The highest BCUT2D eigenvalue weighted by atomic mass is 16.5. The summed E-state index contributed by atoms with van der Waals surface area (Å²) in [7, 11) is 0. The number of hydrogen-bond donors (Lipinski definition) is 1. The van der Waals surface area contributed by atoms with Crippen molar-refractivity contribution in [3.8, 4) is 0 Å². The monoisotopic (exact) mass is 420 g/mol. The molecule has 2 saturated heterocycles. The van der Waals surface area contributed by atoms with Crippen molar-refractivity contribution in [3.63, 3.8) is 0 Å². The predicted molar refractivity (Wildman–Crippen MR) is 120 cm³/mol. The Hall–Kier alpha value is -1.10. The first-order valence-corrected chi connectivity index (χ1v) is 12.1. The Morgan fingerprint density at radius 2 is 1.80 bits per heavy atom. The van der Waals surface area contributed by atoms with Crippen molar-refractivity contribution in [1.29, 1.82) is 0 Å². The van der Waals surface area contributed by atoms with Crippen molar-refractivity contribution in [3.05, 3.63) is 0 Å². The molecule has 1 aliphatic carbocycles. The molecule has 1 N–H and O–H groups in total. The van der Waals surface area contributed by atoms with Gasteiger partial charge < -0.3 is 15.0 Å². The maximum Gasteiger partial charge on any atom is 0.246 e. The fourth-order valence-corrected chi connectivity index (χ4v) is 6.58. The fourth-order valence-electron chi connectivity index (χ4n) is 6.58. The summed E-state index contributed by atoms with van der Waals surface area (Å²) >= 11 is 0. The molecule has 0 aromatic rings. The van der Waals surface area contributed by atoms with Crippen LogP contribution in [0.15, 0.2) is 0 Å². The number of amides is 2. The molecule has 3 rings (SSSR count). The van der Waals surface area contributed by atoms with Gasteiger partial charge in [0.05, 0.1) is 12.1 Å². The summed E-state index contributed by atoms with van der Waals surface area (Å²) in [6, 6.07) is -0.0592. The number of carbonyl (C=O) groups is 2. The average Bonchev–Trinajstić information content (AvgIpc) is 2.64. The molecule has 3 fully saturated rings. The molecule has 172 valence electrons. The van der Waals surface area contributed by atoms with E-state index in [0.29, 0.717) is 23.8 Å². The van der Waals surface area contributed by atoms with Crippen molar-refractivity contribution in [1.82, 2.24) is 10.2 Å². The van der Waals surface area contributed by atoms with Gasteiger partial charge in [0, 0.05) is 19.0 Å². The van der Waals surface area contributed by atoms with Crippen LogP contribution in [0.5, 0.6) is 0 Å². The van der Waals surface area contributed by atoms with Gasteiger partial charge in [0.15, 0.2) is 0 Å². The van der Waals surface area contributed by atoms with Gasteiger partial charge in [-0.05, 0) is 61.2 Å². The summed E-state index contributed by atoms with van der Waals surface area (Å²) in [5.74, 6) is 1.56. The molecule has 5 atom stereocenters. The van der Waals surface area contributed by atoms with Crippen LogP contribution in [0.25, 0.3) is 0 Å². The van der Waals surface area contributed by atoms with Crippen LogP contribution in [0, 0.1) is 28.6 Å². The summed E-state index contributed by atoms with van der Waals surface area (Å²) in [4.78, 5) is 27.5. The van der Waals surface area contributed by atoms with E-state index >= 15 is 0 Å². The van der Waals surface area contributed by atoms with Gasteiger partial charge in [0.1, 0.15) is 6.61 Å². The van der Waals surface area contributed by atoms with E-state index in [-0.39, 0.29) is 41.9 Å². The van der Waals surface area contributed by atoms with Crippen LogP contribution in [-0.2, 0) is 14.3 Å². The molecular weight excluding hydrogens is 376 g/mol. The standard InChI is InChI=1S/C25H44N2O3/c1-17-7-9-24(3,4)16-25(5,6)13-19(12-18(2)11-17)23(29)27-10-8-21-20(14-27)26-22(28)15-30-21/h17-21H,7-16H2,1-6H3,(H,26,28). The SMILES string of the molecule is CC1CCC(C)(C)CC(C)(C)CC(C(=O)N2CCC3OCC(=O)NC3C2)CC(C)C1. The molecule has 5 nitrogen and oxygen atoms in total. The number of ether oxygens (including phenoxy) is 1. The Balaban J connectivity index is 1.75. The fraction of sp³-hybridized carbons (Fsp3) is 0.920. The van der Waals surface area contributed by atoms with E-state index in [4.69, 9.17) is 4.74 Å².